The molecule has 18 heavy (non-hydrogen) atoms. The van der Waals surface area contributed by atoms with E-state index in [1.807, 2.05) is 0 Å². The Morgan fingerprint density at radius 2 is 2.00 bits per heavy atom. The van der Waals surface area contributed by atoms with E-state index in [-0.39, 0.29) is 17.4 Å². The van der Waals surface area contributed by atoms with E-state index in [0.717, 1.165) is 10.5 Å². The number of aromatic hydroxyl groups is 1. The normalized spacial score (nSPS) is 12.2. The quantitative estimate of drug-likeness (QED) is 0.782. The summed E-state index contributed by atoms with van der Waals surface area (Å²) in [6.07, 6.45) is 0.438. The van der Waals surface area contributed by atoms with Gasteiger partial charge in [-0.25, -0.2) is 4.79 Å². The van der Waals surface area contributed by atoms with Crippen LogP contribution in [-0.4, -0.2) is 28.6 Å². The summed E-state index contributed by atoms with van der Waals surface area (Å²) in [5.41, 5.74) is 1.05. The first-order valence-electron chi connectivity index (χ1n) is 5.64. The van der Waals surface area contributed by atoms with Crippen LogP contribution in [-0.2, 0) is 9.59 Å². The van der Waals surface area contributed by atoms with Gasteiger partial charge in [-0.1, -0.05) is 19.9 Å². The number of carbonyl (C=O) groups excluding carboxylic acids is 1. The van der Waals surface area contributed by atoms with Crippen molar-refractivity contribution in [1.82, 2.24) is 0 Å². The first-order valence-corrected chi connectivity index (χ1v) is 5.64. The number of benzene rings is 1. The van der Waals surface area contributed by atoms with Crippen LogP contribution in [0.4, 0.5) is 5.69 Å². The first-order chi connectivity index (χ1) is 8.38. The molecule has 1 unspecified atom stereocenters. The van der Waals surface area contributed by atoms with Crippen LogP contribution in [0.25, 0.3) is 0 Å². The molecule has 1 atom stereocenters. The monoisotopic (exact) mass is 251 g/mol. The lowest BCUT2D eigenvalue weighted by molar-refractivity contribution is -0.140. The van der Waals surface area contributed by atoms with Gasteiger partial charge in [0.15, 0.2) is 0 Å². The number of nitrogens with zero attached hydrogens (tertiary/aromatic N) is 1. The largest absolute Gasteiger partial charge is 0.506 e. The van der Waals surface area contributed by atoms with Crippen molar-refractivity contribution in [1.29, 1.82) is 0 Å². The number of aliphatic carboxylic acids is 1. The maximum Gasteiger partial charge on any atom is 0.327 e. The number of hydrogen-bond donors (Lipinski definition) is 2. The van der Waals surface area contributed by atoms with Gasteiger partial charge < -0.3 is 10.2 Å². The minimum Gasteiger partial charge on any atom is -0.506 e. The number of carboxylic acid groups (broad SMARTS) is 1. The predicted octanol–water partition coefficient (Wildman–Crippen LogP) is 1.77. The summed E-state index contributed by atoms with van der Waals surface area (Å²) in [4.78, 5) is 23.5. The van der Waals surface area contributed by atoms with E-state index in [9.17, 15) is 19.8 Å². The summed E-state index contributed by atoms with van der Waals surface area (Å²) in [5, 5.41) is 18.9. The second kappa shape index (κ2) is 5.53. The number of phenols is 1. The van der Waals surface area contributed by atoms with Gasteiger partial charge in [-0.3, -0.25) is 9.69 Å². The van der Waals surface area contributed by atoms with E-state index in [2.05, 4.69) is 0 Å². The fraction of sp³-hybridized carbons (Fsp3) is 0.385. The number of carbonyl (C=O) groups is 2. The van der Waals surface area contributed by atoms with Gasteiger partial charge in [-0.15, -0.1) is 0 Å². The molecule has 1 aromatic carbocycles. The summed E-state index contributed by atoms with van der Waals surface area (Å²) in [5.74, 6) is -1.48. The molecule has 5 nitrogen and oxygen atoms in total. The topological polar surface area (TPSA) is 77.8 Å². The van der Waals surface area contributed by atoms with Crippen molar-refractivity contribution < 1.29 is 19.8 Å². The Labute approximate surface area is 106 Å². The third-order valence-corrected chi connectivity index (χ3v) is 2.71. The van der Waals surface area contributed by atoms with Gasteiger partial charge in [-0.2, -0.15) is 0 Å². The zero-order valence-corrected chi connectivity index (χ0v) is 10.6. The molecule has 0 fully saturated rings. The van der Waals surface area contributed by atoms with Crippen molar-refractivity contribution in [2.45, 2.75) is 26.8 Å². The van der Waals surface area contributed by atoms with Gasteiger partial charge in [0.2, 0.25) is 6.41 Å². The van der Waals surface area contributed by atoms with E-state index in [0.29, 0.717) is 6.41 Å². The molecule has 1 amide bonds. The Morgan fingerprint density at radius 1 is 1.39 bits per heavy atom. The second-order valence-corrected chi connectivity index (χ2v) is 4.53. The Hall–Kier alpha value is -2.04. The molecule has 0 heterocycles. The maximum atomic E-state index is 11.2. The molecule has 98 valence electrons. The van der Waals surface area contributed by atoms with Gasteiger partial charge in [0, 0.05) is 0 Å². The van der Waals surface area contributed by atoms with E-state index in [1.165, 1.54) is 6.07 Å². The van der Waals surface area contributed by atoms with Crippen LogP contribution in [0.3, 0.4) is 0 Å². The van der Waals surface area contributed by atoms with Gasteiger partial charge in [0.05, 0.1) is 5.69 Å². The molecule has 1 rings (SSSR count). The molecular formula is C13H17NO4. The highest BCUT2D eigenvalue weighted by atomic mass is 16.4. The first kappa shape index (κ1) is 14.0. The number of amides is 1. The molecule has 0 aliphatic heterocycles. The standard InChI is InChI=1S/C13H17NO4/c1-8(2)12(13(17)18)14(7-15)10-6-9(3)4-5-11(10)16/h4-8,12,16H,1-3H3,(H,17,18). The molecule has 0 radical (unpaired) electrons. The average molecular weight is 251 g/mol. The lowest BCUT2D eigenvalue weighted by Crippen LogP contribution is -2.44. The Morgan fingerprint density at radius 3 is 2.44 bits per heavy atom. The number of hydrogen-bond acceptors (Lipinski definition) is 3. The number of anilines is 1. The summed E-state index contributed by atoms with van der Waals surface area (Å²) < 4.78 is 0. The second-order valence-electron chi connectivity index (χ2n) is 4.53. The van der Waals surface area contributed by atoms with Crippen LogP contribution >= 0.6 is 0 Å². The molecule has 0 spiro atoms. The molecule has 0 aromatic heterocycles. The Balaban J connectivity index is 3.27. The van der Waals surface area contributed by atoms with Crippen molar-refractivity contribution in [2.75, 3.05) is 4.90 Å². The number of aryl methyl sites for hydroxylation is 1. The van der Waals surface area contributed by atoms with Gasteiger partial charge >= 0.3 is 5.97 Å². The summed E-state index contributed by atoms with van der Waals surface area (Å²) >= 11 is 0. The molecule has 0 aliphatic rings. The molecule has 5 heteroatoms. The molecule has 0 aliphatic carbocycles. The molecule has 1 aromatic rings. The number of carboxylic acids is 1. The highest BCUT2D eigenvalue weighted by molar-refractivity contribution is 5.90. The summed E-state index contributed by atoms with van der Waals surface area (Å²) in [6, 6.07) is 3.71. The molecule has 0 saturated carbocycles. The summed E-state index contributed by atoms with van der Waals surface area (Å²) in [6.45, 7) is 5.22. The minimum atomic E-state index is -1.10. The zero-order chi connectivity index (χ0) is 13.9. The number of phenolic OH excluding ortho intramolecular Hbond substituents is 1. The van der Waals surface area contributed by atoms with Crippen LogP contribution in [0.2, 0.25) is 0 Å². The van der Waals surface area contributed by atoms with Crippen molar-refractivity contribution >= 4 is 18.1 Å². The van der Waals surface area contributed by atoms with Crippen LogP contribution in [0, 0.1) is 12.8 Å². The highest BCUT2D eigenvalue weighted by Crippen LogP contribution is 2.30. The van der Waals surface area contributed by atoms with Crippen molar-refractivity contribution in [3.05, 3.63) is 23.8 Å². The van der Waals surface area contributed by atoms with E-state index in [1.54, 1.807) is 32.9 Å². The molecule has 2 N–H and O–H groups in total. The predicted molar refractivity (Wildman–Crippen MR) is 67.6 cm³/mol. The lowest BCUT2D eigenvalue weighted by Gasteiger charge is -2.28. The van der Waals surface area contributed by atoms with Gasteiger partial charge in [0.25, 0.3) is 0 Å². The van der Waals surface area contributed by atoms with Crippen molar-refractivity contribution in [2.24, 2.45) is 5.92 Å². The Bertz CT molecular complexity index is 456. The fourth-order valence-electron chi connectivity index (χ4n) is 1.84. The number of rotatable bonds is 5. The van der Waals surface area contributed by atoms with Crippen LogP contribution < -0.4 is 4.90 Å². The van der Waals surface area contributed by atoms with Crippen molar-refractivity contribution in [3.8, 4) is 5.75 Å². The van der Waals surface area contributed by atoms with E-state index >= 15 is 0 Å². The van der Waals surface area contributed by atoms with Gasteiger partial charge in [0.1, 0.15) is 11.8 Å². The van der Waals surface area contributed by atoms with Crippen LogP contribution in [0.5, 0.6) is 5.75 Å². The SMILES string of the molecule is Cc1ccc(O)c(N(C=O)C(C(=O)O)C(C)C)c1. The fourth-order valence-corrected chi connectivity index (χ4v) is 1.84. The molecular weight excluding hydrogens is 234 g/mol. The van der Waals surface area contributed by atoms with Crippen molar-refractivity contribution in [3.63, 3.8) is 0 Å². The summed E-state index contributed by atoms with van der Waals surface area (Å²) in [7, 11) is 0. The van der Waals surface area contributed by atoms with Crippen LogP contribution in [0.15, 0.2) is 18.2 Å². The molecule has 0 saturated heterocycles. The Kier molecular flexibility index (Phi) is 4.31. The van der Waals surface area contributed by atoms with E-state index < -0.39 is 12.0 Å². The lowest BCUT2D eigenvalue weighted by atomic mass is 10.0. The minimum absolute atomic E-state index is 0.111. The van der Waals surface area contributed by atoms with E-state index in [4.69, 9.17) is 0 Å². The molecule has 0 bridgehead atoms. The third-order valence-electron chi connectivity index (χ3n) is 2.71. The van der Waals surface area contributed by atoms with Gasteiger partial charge in [-0.05, 0) is 30.5 Å². The maximum absolute atomic E-state index is 11.2. The smallest absolute Gasteiger partial charge is 0.327 e. The highest BCUT2D eigenvalue weighted by Gasteiger charge is 2.30. The van der Waals surface area contributed by atoms with Crippen LogP contribution in [0.1, 0.15) is 19.4 Å². The average Bonchev–Trinajstić information content (AvgIpc) is 2.28. The third kappa shape index (κ3) is 2.80. The zero-order valence-electron chi connectivity index (χ0n) is 10.6.